The van der Waals surface area contributed by atoms with Gasteiger partial charge in [-0.25, -0.2) is 0 Å². The molecule has 1 heterocycles. The minimum atomic E-state index is -0.379. The van der Waals surface area contributed by atoms with Crippen LogP contribution in [0, 0.1) is 10.1 Å². The molecule has 0 radical (unpaired) electrons. The molecule has 1 aromatic heterocycles. The molecule has 0 saturated carbocycles. The number of hydrogen-bond donors (Lipinski definition) is 0. The second kappa shape index (κ2) is 5.12. The van der Waals surface area contributed by atoms with Gasteiger partial charge < -0.3 is 4.42 Å². The molecule has 0 aliphatic rings. The van der Waals surface area contributed by atoms with Crippen molar-refractivity contribution >= 4 is 6.08 Å². The SMILES string of the molecule is O=[N+]([O-])C(=Cc1ccco1)Cc1ccccc1. The fraction of sp³-hybridized carbons (Fsp3) is 0.0769. The van der Waals surface area contributed by atoms with Crippen LogP contribution in [0.1, 0.15) is 11.3 Å². The van der Waals surface area contributed by atoms with E-state index < -0.39 is 0 Å². The van der Waals surface area contributed by atoms with Crippen molar-refractivity contribution in [2.45, 2.75) is 6.42 Å². The van der Waals surface area contributed by atoms with Crippen LogP contribution in [0.2, 0.25) is 0 Å². The Bertz CT molecular complexity index is 515. The molecule has 1 aromatic carbocycles. The first-order chi connectivity index (χ1) is 8.25. The van der Waals surface area contributed by atoms with E-state index in [0.717, 1.165) is 5.56 Å². The van der Waals surface area contributed by atoms with E-state index in [1.54, 1.807) is 12.1 Å². The lowest BCUT2D eigenvalue weighted by Crippen LogP contribution is -2.02. The Labute approximate surface area is 98.3 Å². The summed E-state index contributed by atoms with van der Waals surface area (Å²) in [6.45, 7) is 0. The van der Waals surface area contributed by atoms with E-state index in [9.17, 15) is 10.1 Å². The Balaban J connectivity index is 2.22. The normalized spacial score (nSPS) is 11.4. The molecule has 0 fully saturated rings. The zero-order chi connectivity index (χ0) is 12.1. The summed E-state index contributed by atoms with van der Waals surface area (Å²) >= 11 is 0. The van der Waals surface area contributed by atoms with E-state index >= 15 is 0 Å². The third kappa shape index (κ3) is 3.04. The van der Waals surface area contributed by atoms with Crippen molar-refractivity contribution in [3.63, 3.8) is 0 Å². The minimum Gasteiger partial charge on any atom is -0.465 e. The zero-order valence-corrected chi connectivity index (χ0v) is 9.08. The number of hydrogen-bond acceptors (Lipinski definition) is 3. The first kappa shape index (κ1) is 11.1. The Kier molecular flexibility index (Phi) is 3.35. The quantitative estimate of drug-likeness (QED) is 0.597. The lowest BCUT2D eigenvalue weighted by molar-refractivity contribution is -0.425. The maximum absolute atomic E-state index is 10.9. The zero-order valence-electron chi connectivity index (χ0n) is 9.08. The van der Waals surface area contributed by atoms with Crippen molar-refractivity contribution in [1.82, 2.24) is 0 Å². The monoisotopic (exact) mass is 229 g/mol. The van der Waals surface area contributed by atoms with Gasteiger partial charge in [-0.2, -0.15) is 0 Å². The van der Waals surface area contributed by atoms with Crippen molar-refractivity contribution < 1.29 is 9.34 Å². The standard InChI is InChI=1S/C13H11NO3/c15-14(16)12(10-13-7-4-8-17-13)9-11-5-2-1-3-6-11/h1-8,10H,9H2. The molecule has 0 unspecified atom stereocenters. The molecule has 17 heavy (non-hydrogen) atoms. The summed E-state index contributed by atoms with van der Waals surface area (Å²) in [6.07, 6.45) is 3.23. The molecule has 2 rings (SSSR count). The van der Waals surface area contributed by atoms with Crippen molar-refractivity contribution in [2.75, 3.05) is 0 Å². The largest absolute Gasteiger partial charge is 0.465 e. The summed E-state index contributed by atoms with van der Waals surface area (Å²) in [4.78, 5) is 10.5. The van der Waals surface area contributed by atoms with Gasteiger partial charge in [0.25, 0.3) is 5.70 Å². The van der Waals surface area contributed by atoms with E-state index in [4.69, 9.17) is 4.42 Å². The molecule has 0 amide bonds. The van der Waals surface area contributed by atoms with Crippen LogP contribution in [-0.2, 0) is 6.42 Å². The van der Waals surface area contributed by atoms with Crippen LogP contribution in [0.5, 0.6) is 0 Å². The third-order valence-electron chi connectivity index (χ3n) is 2.31. The number of allylic oxidation sites excluding steroid dienone is 1. The predicted molar refractivity (Wildman–Crippen MR) is 63.8 cm³/mol. The molecule has 4 nitrogen and oxygen atoms in total. The average Bonchev–Trinajstić information content (AvgIpc) is 2.82. The number of furan rings is 1. The van der Waals surface area contributed by atoms with Crippen LogP contribution >= 0.6 is 0 Å². The lowest BCUT2D eigenvalue weighted by atomic mass is 10.1. The molecule has 0 spiro atoms. The van der Waals surface area contributed by atoms with Gasteiger partial charge in [0, 0.05) is 0 Å². The molecule has 0 N–H and O–H groups in total. The molecule has 0 saturated heterocycles. The molecule has 86 valence electrons. The Morgan fingerprint density at radius 2 is 2.00 bits per heavy atom. The van der Waals surface area contributed by atoms with Gasteiger partial charge in [-0.1, -0.05) is 30.3 Å². The first-order valence-corrected chi connectivity index (χ1v) is 5.18. The Morgan fingerprint density at radius 1 is 1.24 bits per heavy atom. The summed E-state index contributed by atoms with van der Waals surface area (Å²) in [5, 5.41) is 10.9. The first-order valence-electron chi connectivity index (χ1n) is 5.18. The summed E-state index contributed by atoms with van der Waals surface area (Å²) in [7, 11) is 0. The molecule has 0 bridgehead atoms. The molecular weight excluding hydrogens is 218 g/mol. The second-order valence-electron chi connectivity index (χ2n) is 3.57. The highest BCUT2D eigenvalue weighted by molar-refractivity contribution is 5.45. The highest BCUT2D eigenvalue weighted by Crippen LogP contribution is 2.13. The van der Waals surface area contributed by atoms with E-state index in [2.05, 4.69) is 0 Å². The van der Waals surface area contributed by atoms with Gasteiger partial charge in [0.05, 0.1) is 23.7 Å². The molecule has 0 aliphatic heterocycles. The summed E-state index contributed by atoms with van der Waals surface area (Å²) in [6, 6.07) is 12.7. The van der Waals surface area contributed by atoms with Crippen molar-refractivity contribution in [2.24, 2.45) is 0 Å². The topological polar surface area (TPSA) is 56.3 Å². The second-order valence-corrected chi connectivity index (χ2v) is 3.57. The van der Waals surface area contributed by atoms with Gasteiger partial charge in [0.2, 0.25) is 0 Å². The number of benzene rings is 1. The predicted octanol–water partition coefficient (Wildman–Crippen LogP) is 3.14. The Hall–Kier alpha value is -2.36. The number of nitro groups is 1. The summed E-state index contributed by atoms with van der Waals surface area (Å²) < 4.78 is 5.07. The maximum atomic E-state index is 10.9. The molecule has 0 atom stereocenters. The van der Waals surface area contributed by atoms with Gasteiger partial charge in [0.15, 0.2) is 0 Å². The maximum Gasteiger partial charge on any atom is 0.254 e. The fourth-order valence-corrected chi connectivity index (χ4v) is 1.51. The highest BCUT2D eigenvalue weighted by Gasteiger charge is 2.12. The summed E-state index contributed by atoms with van der Waals surface area (Å²) in [5.74, 6) is 0.493. The number of rotatable bonds is 4. The van der Waals surface area contributed by atoms with Crippen LogP contribution in [-0.4, -0.2) is 4.92 Å². The molecule has 4 heteroatoms. The number of nitrogens with zero attached hydrogens (tertiary/aromatic N) is 1. The van der Waals surface area contributed by atoms with Crippen molar-refractivity contribution in [3.8, 4) is 0 Å². The van der Waals surface area contributed by atoms with E-state index in [1.807, 2.05) is 30.3 Å². The average molecular weight is 229 g/mol. The van der Waals surface area contributed by atoms with Gasteiger partial charge in [-0.05, 0) is 17.7 Å². The Morgan fingerprint density at radius 3 is 2.59 bits per heavy atom. The van der Waals surface area contributed by atoms with Gasteiger partial charge >= 0.3 is 0 Å². The molecule has 2 aromatic rings. The van der Waals surface area contributed by atoms with Crippen LogP contribution in [0.25, 0.3) is 6.08 Å². The minimum absolute atomic E-state index is 0.117. The van der Waals surface area contributed by atoms with Crippen LogP contribution in [0.15, 0.2) is 58.8 Å². The van der Waals surface area contributed by atoms with Crippen LogP contribution in [0.4, 0.5) is 0 Å². The van der Waals surface area contributed by atoms with Gasteiger partial charge in [-0.3, -0.25) is 10.1 Å². The van der Waals surface area contributed by atoms with Crippen molar-refractivity contribution in [3.05, 3.63) is 75.9 Å². The van der Waals surface area contributed by atoms with E-state index in [-0.39, 0.29) is 17.0 Å². The smallest absolute Gasteiger partial charge is 0.254 e. The van der Waals surface area contributed by atoms with Crippen molar-refractivity contribution in [1.29, 1.82) is 0 Å². The lowest BCUT2D eigenvalue weighted by Gasteiger charge is -1.98. The fourth-order valence-electron chi connectivity index (χ4n) is 1.51. The van der Waals surface area contributed by atoms with Crippen LogP contribution < -0.4 is 0 Å². The molecular formula is C13H11NO3. The van der Waals surface area contributed by atoms with Gasteiger partial charge in [0.1, 0.15) is 5.76 Å². The highest BCUT2D eigenvalue weighted by atomic mass is 16.6. The van der Waals surface area contributed by atoms with Gasteiger partial charge in [-0.15, -0.1) is 0 Å². The van der Waals surface area contributed by atoms with E-state index in [1.165, 1.54) is 12.3 Å². The van der Waals surface area contributed by atoms with E-state index in [0.29, 0.717) is 5.76 Å². The molecule has 0 aliphatic carbocycles. The van der Waals surface area contributed by atoms with Crippen LogP contribution in [0.3, 0.4) is 0 Å². The summed E-state index contributed by atoms with van der Waals surface area (Å²) in [5.41, 5.74) is 1.02. The third-order valence-corrected chi connectivity index (χ3v) is 2.31.